The number of hydrogen-bond acceptors (Lipinski definition) is 3. The first-order valence-corrected chi connectivity index (χ1v) is 8.14. The summed E-state index contributed by atoms with van der Waals surface area (Å²) in [5, 5.41) is 5.50. The first-order chi connectivity index (χ1) is 10.9. The highest BCUT2D eigenvalue weighted by Crippen LogP contribution is 2.15. The molecule has 0 aromatic heterocycles. The first-order valence-electron chi connectivity index (χ1n) is 6.66. The maximum absolute atomic E-state index is 12.2. The van der Waals surface area contributed by atoms with Crippen molar-refractivity contribution >= 4 is 57.4 Å². The summed E-state index contributed by atoms with van der Waals surface area (Å²) < 4.78 is 0.994. The van der Waals surface area contributed by atoms with Gasteiger partial charge in [0.1, 0.15) is 0 Å². The van der Waals surface area contributed by atoms with Crippen molar-refractivity contribution in [2.24, 2.45) is 5.73 Å². The van der Waals surface area contributed by atoms with Gasteiger partial charge < -0.3 is 11.1 Å². The average molecular weight is 439 g/mol. The van der Waals surface area contributed by atoms with Crippen LogP contribution in [0.4, 0.5) is 5.69 Å². The van der Waals surface area contributed by atoms with E-state index in [1.54, 1.807) is 36.4 Å². The lowest BCUT2D eigenvalue weighted by Gasteiger charge is -2.12. The van der Waals surface area contributed by atoms with E-state index in [0.29, 0.717) is 16.8 Å². The Hall–Kier alpha value is -2.00. The summed E-state index contributed by atoms with van der Waals surface area (Å²) in [6.45, 7) is 1.97. The van der Waals surface area contributed by atoms with Gasteiger partial charge in [-0.2, -0.15) is 0 Å². The number of primary amides is 1. The third kappa shape index (κ3) is 4.49. The Morgan fingerprint density at radius 3 is 2.52 bits per heavy atom. The Labute approximate surface area is 152 Å². The van der Waals surface area contributed by atoms with Crippen molar-refractivity contribution in [2.45, 2.75) is 6.92 Å². The summed E-state index contributed by atoms with van der Waals surface area (Å²) in [7, 11) is 0. The molecule has 0 aliphatic heterocycles. The molecule has 2 amide bonds. The Balaban J connectivity index is 2.09. The number of rotatable bonds is 3. The second kappa shape index (κ2) is 7.51. The van der Waals surface area contributed by atoms with Gasteiger partial charge >= 0.3 is 0 Å². The summed E-state index contributed by atoms with van der Waals surface area (Å²) in [6, 6.07) is 12.1. The molecule has 0 radical (unpaired) electrons. The van der Waals surface area contributed by atoms with Crippen LogP contribution in [0.1, 0.15) is 26.3 Å². The van der Waals surface area contributed by atoms with Gasteiger partial charge in [0, 0.05) is 9.13 Å². The van der Waals surface area contributed by atoms with Crippen molar-refractivity contribution in [1.29, 1.82) is 0 Å². The fourth-order valence-electron chi connectivity index (χ4n) is 1.87. The first kappa shape index (κ1) is 17.4. The number of nitrogens with two attached hydrogens (primary N) is 1. The minimum absolute atomic E-state index is 0.0966. The Kier molecular flexibility index (Phi) is 5.67. The second-order valence-corrected chi connectivity index (χ2v) is 6.35. The topological polar surface area (TPSA) is 84.2 Å². The maximum atomic E-state index is 12.2. The van der Waals surface area contributed by atoms with Crippen LogP contribution < -0.4 is 16.4 Å². The standard InChI is InChI=1S/C16H14IN3O2S/c1-9-6-7-10(8-12(9)17)15(22)20-16(23)19-13-5-3-2-4-11(13)14(18)21/h2-8H,1H3,(H2,18,21)(H2,19,20,22,23). The van der Waals surface area contributed by atoms with E-state index >= 15 is 0 Å². The number of hydrogen-bond donors (Lipinski definition) is 3. The number of benzene rings is 2. The fourth-order valence-corrected chi connectivity index (χ4v) is 2.59. The van der Waals surface area contributed by atoms with Crippen molar-refractivity contribution in [2.75, 3.05) is 5.32 Å². The molecule has 0 fully saturated rings. The van der Waals surface area contributed by atoms with Crippen LogP contribution in [0.15, 0.2) is 42.5 Å². The Morgan fingerprint density at radius 1 is 1.17 bits per heavy atom. The second-order valence-electron chi connectivity index (χ2n) is 4.78. The molecular weight excluding hydrogens is 425 g/mol. The van der Waals surface area contributed by atoms with E-state index in [4.69, 9.17) is 18.0 Å². The third-order valence-corrected chi connectivity index (χ3v) is 4.47. The van der Waals surface area contributed by atoms with Crippen molar-refractivity contribution < 1.29 is 9.59 Å². The zero-order chi connectivity index (χ0) is 17.0. The predicted molar refractivity (Wildman–Crippen MR) is 103 cm³/mol. The van der Waals surface area contributed by atoms with Crippen LogP contribution in [-0.4, -0.2) is 16.9 Å². The average Bonchev–Trinajstić information content (AvgIpc) is 2.50. The van der Waals surface area contributed by atoms with E-state index in [2.05, 4.69) is 33.2 Å². The van der Waals surface area contributed by atoms with Crippen LogP contribution in [0.5, 0.6) is 0 Å². The van der Waals surface area contributed by atoms with E-state index in [1.165, 1.54) is 0 Å². The minimum Gasteiger partial charge on any atom is -0.366 e. The highest BCUT2D eigenvalue weighted by molar-refractivity contribution is 14.1. The molecule has 5 nitrogen and oxygen atoms in total. The molecule has 0 bridgehead atoms. The minimum atomic E-state index is -0.574. The van der Waals surface area contributed by atoms with E-state index in [-0.39, 0.29) is 11.0 Å². The number of carbonyl (C=O) groups is 2. The summed E-state index contributed by atoms with van der Waals surface area (Å²) in [4.78, 5) is 23.6. The highest BCUT2D eigenvalue weighted by atomic mass is 127. The smallest absolute Gasteiger partial charge is 0.257 e. The lowest BCUT2D eigenvalue weighted by Crippen LogP contribution is -2.34. The lowest BCUT2D eigenvalue weighted by atomic mass is 10.1. The Morgan fingerprint density at radius 2 is 1.87 bits per heavy atom. The van der Waals surface area contributed by atoms with Gasteiger partial charge in [-0.25, -0.2) is 0 Å². The van der Waals surface area contributed by atoms with Gasteiger partial charge in [0.05, 0.1) is 11.3 Å². The molecule has 0 spiro atoms. The molecule has 2 rings (SSSR count). The van der Waals surface area contributed by atoms with Crippen LogP contribution in [-0.2, 0) is 0 Å². The zero-order valence-electron chi connectivity index (χ0n) is 12.2. The molecule has 118 valence electrons. The van der Waals surface area contributed by atoms with Crippen molar-refractivity contribution in [3.8, 4) is 0 Å². The van der Waals surface area contributed by atoms with E-state index in [9.17, 15) is 9.59 Å². The molecule has 4 N–H and O–H groups in total. The molecule has 0 heterocycles. The van der Waals surface area contributed by atoms with Crippen LogP contribution in [0.3, 0.4) is 0 Å². The fraction of sp³-hybridized carbons (Fsp3) is 0.0625. The molecule has 0 saturated carbocycles. The molecule has 7 heteroatoms. The molecule has 2 aromatic rings. The molecule has 0 saturated heterocycles. The largest absolute Gasteiger partial charge is 0.366 e. The maximum Gasteiger partial charge on any atom is 0.257 e. The van der Waals surface area contributed by atoms with Gasteiger partial charge in [0.2, 0.25) is 0 Å². The number of anilines is 1. The van der Waals surface area contributed by atoms with Crippen LogP contribution >= 0.6 is 34.8 Å². The van der Waals surface area contributed by atoms with Gasteiger partial charge in [-0.05, 0) is 71.6 Å². The van der Waals surface area contributed by atoms with Gasteiger partial charge in [0.15, 0.2) is 5.11 Å². The molecule has 23 heavy (non-hydrogen) atoms. The van der Waals surface area contributed by atoms with Crippen molar-refractivity contribution in [3.05, 3.63) is 62.7 Å². The summed E-state index contributed by atoms with van der Waals surface area (Å²) in [6.07, 6.45) is 0. The molecule has 2 aromatic carbocycles. The number of nitrogens with one attached hydrogen (secondary N) is 2. The number of thiocarbonyl (C=S) groups is 1. The van der Waals surface area contributed by atoms with Gasteiger partial charge in [-0.1, -0.05) is 18.2 Å². The summed E-state index contributed by atoms with van der Waals surface area (Å²) in [5.41, 5.74) is 7.65. The predicted octanol–water partition coefficient (Wildman–Crippen LogP) is 2.83. The van der Waals surface area contributed by atoms with E-state index in [1.807, 2.05) is 13.0 Å². The molecular formula is C16H14IN3O2S. The van der Waals surface area contributed by atoms with E-state index in [0.717, 1.165) is 9.13 Å². The van der Waals surface area contributed by atoms with Gasteiger partial charge in [0.25, 0.3) is 11.8 Å². The third-order valence-electron chi connectivity index (χ3n) is 3.10. The number of halogens is 1. The van der Waals surface area contributed by atoms with Crippen molar-refractivity contribution in [3.63, 3.8) is 0 Å². The lowest BCUT2D eigenvalue weighted by molar-refractivity contribution is 0.0975. The number of carbonyl (C=O) groups excluding carboxylic acids is 2. The van der Waals surface area contributed by atoms with Gasteiger partial charge in [-0.15, -0.1) is 0 Å². The number of para-hydroxylation sites is 1. The Bertz CT molecular complexity index is 793. The quantitative estimate of drug-likeness (QED) is 0.508. The molecule has 0 atom stereocenters. The summed E-state index contributed by atoms with van der Waals surface area (Å²) in [5.74, 6) is -0.896. The monoisotopic (exact) mass is 439 g/mol. The van der Waals surface area contributed by atoms with Gasteiger partial charge in [-0.3, -0.25) is 14.9 Å². The van der Waals surface area contributed by atoms with E-state index < -0.39 is 5.91 Å². The molecule has 0 aliphatic rings. The molecule has 0 aliphatic carbocycles. The van der Waals surface area contributed by atoms with Crippen LogP contribution in [0.2, 0.25) is 0 Å². The normalized spacial score (nSPS) is 10.0. The van der Waals surface area contributed by atoms with Crippen LogP contribution in [0, 0.1) is 10.5 Å². The van der Waals surface area contributed by atoms with Crippen molar-refractivity contribution in [1.82, 2.24) is 5.32 Å². The van der Waals surface area contributed by atoms with Crippen LogP contribution in [0.25, 0.3) is 0 Å². The SMILES string of the molecule is Cc1ccc(C(=O)NC(=S)Nc2ccccc2C(N)=O)cc1I. The molecule has 0 unspecified atom stereocenters. The number of amides is 2. The number of aryl methyl sites for hydroxylation is 1. The highest BCUT2D eigenvalue weighted by Gasteiger charge is 2.12. The summed E-state index contributed by atoms with van der Waals surface area (Å²) >= 11 is 7.29. The zero-order valence-corrected chi connectivity index (χ0v) is 15.2.